The Labute approximate surface area is 114 Å². The van der Waals surface area contributed by atoms with Crippen LogP contribution in [0.4, 0.5) is 5.69 Å². The lowest BCUT2D eigenvalue weighted by atomic mass is 10.3. The van der Waals surface area contributed by atoms with Gasteiger partial charge in [0, 0.05) is 6.54 Å². The van der Waals surface area contributed by atoms with Gasteiger partial charge in [-0.2, -0.15) is 0 Å². The Morgan fingerprint density at radius 2 is 2.11 bits per heavy atom. The van der Waals surface area contributed by atoms with Crippen LogP contribution in [-0.4, -0.2) is 15.9 Å². The van der Waals surface area contributed by atoms with Gasteiger partial charge in [-0.15, -0.1) is 6.58 Å². The molecule has 0 aliphatic heterocycles. The van der Waals surface area contributed by atoms with Crippen LogP contribution in [0.2, 0.25) is 0 Å². The second-order valence-corrected chi connectivity index (χ2v) is 5.22. The van der Waals surface area contributed by atoms with E-state index in [1.165, 1.54) is 11.3 Å². The van der Waals surface area contributed by atoms with Gasteiger partial charge in [-0.05, 0) is 24.4 Å². The summed E-state index contributed by atoms with van der Waals surface area (Å²) in [5.74, 6) is 0.143. The number of thiazole rings is 1. The lowest BCUT2D eigenvalue weighted by Gasteiger charge is -1.98. The Kier molecular flexibility index (Phi) is 4.07. The molecule has 5 heteroatoms. The molecule has 0 fully saturated rings. The zero-order valence-electron chi connectivity index (χ0n) is 9.61. The van der Waals surface area contributed by atoms with Crippen LogP contribution in [0, 0.1) is 3.95 Å². The number of hydrogen-bond donors (Lipinski definition) is 1. The van der Waals surface area contributed by atoms with Crippen LogP contribution in [0.5, 0.6) is 5.88 Å². The lowest BCUT2D eigenvalue weighted by Crippen LogP contribution is -1.93. The molecule has 0 aliphatic carbocycles. The van der Waals surface area contributed by atoms with Crippen molar-refractivity contribution < 1.29 is 5.11 Å². The second kappa shape index (κ2) is 5.75. The van der Waals surface area contributed by atoms with E-state index in [0.717, 1.165) is 5.69 Å². The molecule has 0 spiro atoms. The van der Waals surface area contributed by atoms with E-state index in [1.807, 2.05) is 30.3 Å². The van der Waals surface area contributed by atoms with Gasteiger partial charge in [-0.25, -0.2) is 0 Å². The SMILES string of the molecule is C=CCn1c(O)c(C=Nc2ccccc2)sc1=S. The van der Waals surface area contributed by atoms with E-state index in [-0.39, 0.29) is 5.88 Å². The fourth-order valence-electron chi connectivity index (χ4n) is 1.44. The lowest BCUT2D eigenvalue weighted by molar-refractivity contribution is 0.424. The molecule has 0 unspecified atom stereocenters. The van der Waals surface area contributed by atoms with Crippen LogP contribution in [0.1, 0.15) is 4.88 Å². The van der Waals surface area contributed by atoms with Gasteiger partial charge >= 0.3 is 0 Å². The largest absolute Gasteiger partial charge is 0.493 e. The van der Waals surface area contributed by atoms with Crippen molar-refractivity contribution in [1.82, 2.24) is 4.57 Å². The van der Waals surface area contributed by atoms with Crippen molar-refractivity contribution in [3.8, 4) is 5.88 Å². The van der Waals surface area contributed by atoms with Crippen LogP contribution in [0.3, 0.4) is 0 Å². The molecule has 2 aromatic rings. The number of hydrogen-bond acceptors (Lipinski definition) is 4. The first-order valence-corrected chi connectivity index (χ1v) is 6.57. The Hall–Kier alpha value is -1.72. The fourth-order valence-corrected chi connectivity index (χ4v) is 2.63. The van der Waals surface area contributed by atoms with Gasteiger partial charge in [-0.3, -0.25) is 9.56 Å². The third-order valence-electron chi connectivity index (χ3n) is 2.29. The monoisotopic (exact) mass is 276 g/mol. The van der Waals surface area contributed by atoms with Crippen molar-refractivity contribution in [3.05, 3.63) is 51.8 Å². The third kappa shape index (κ3) is 2.75. The van der Waals surface area contributed by atoms with Crippen molar-refractivity contribution >= 4 is 35.5 Å². The van der Waals surface area contributed by atoms with Gasteiger partial charge in [-0.1, -0.05) is 35.6 Å². The topological polar surface area (TPSA) is 37.5 Å². The Balaban J connectivity index is 2.30. The average Bonchev–Trinajstić information content (AvgIpc) is 2.66. The molecule has 0 saturated heterocycles. The van der Waals surface area contributed by atoms with Crippen LogP contribution >= 0.6 is 23.6 Å². The second-order valence-electron chi connectivity index (χ2n) is 3.55. The highest BCUT2D eigenvalue weighted by atomic mass is 32.1. The van der Waals surface area contributed by atoms with Crippen molar-refractivity contribution in [2.24, 2.45) is 4.99 Å². The number of aromatic nitrogens is 1. The molecular weight excluding hydrogens is 264 g/mol. The molecule has 0 saturated carbocycles. The van der Waals surface area contributed by atoms with Crippen LogP contribution in [-0.2, 0) is 6.54 Å². The summed E-state index contributed by atoms with van der Waals surface area (Å²) in [7, 11) is 0. The molecule has 0 amide bonds. The zero-order valence-corrected chi connectivity index (χ0v) is 11.2. The van der Waals surface area contributed by atoms with E-state index in [2.05, 4.69) is 11.6 Å². The summed E-state index contributed by atoms with van der Waals surface area (Å²) in [6.45, 7) is 4.13. The van der Waals surface area contributed by atoms with Gasteiger partial charge in [0.25, 0.3) is 0 Å². The fraction of sp³-hybridized carbons (Fsp3) is 0.0769. The number of nitrogens with zero attached hydrogens (tertiary/aromatic N) is 2. The van der Waals surface area contributed by atoms with Gasteiger partial charge in [0.05, 0.1) is 11.9 Å². The van der Waals surface area contributed by atoms with E-state index >= 15 is 0 Å². The highest BCUT2D eigenvalue weighted by molar-refractivity contribution is 7.73. The summed E-state index contributed by atoms with van der Waals surface area (Å²) >= 11 is 6.50. The minimum atomic E-state index is 0.143. The summed E-state index contributed by atoms with van der Waals surface area (Å²) in [6, 6.07) is 9.55. The highest BCUT2D eigenvalue weighted by Gasteiger charge is 2.08. The summed E-state index contributed by atoms with van der Waals surface area (Å²) in [6.07, 6.45) is 3.32. The summed E-state index contributed by atoms with van der Waals surface area (Å²) in [4.78, 5) is 4.95. The minimum Gasteiger partial charge on any atom is -0.493 e. The number of benzene rings is 1. The molecule has 2 rings (SSSR count). The highest BCUT2D eigenvalue weighted by Crippen LogP contribution is 2.25. The third-order valence-corrected chi connectivity index (χ3v) is 3.67. The summed E-state index contributed by atoms with van der Waals surface area (Å²) < 4.78 is 2.24. The maximum Gasteiger partial charge on any atom is 0.212 e. The van der Waals surface area contributed by atoms with E-state index in [0.29, 0.717) is 15.4 Å². The standard InChI is InChI=1S/C13H12N2OS2/c1-2-8-15-12(16)11(18-13(15)17)9-14-10-6-4-3-5-7-10/h2-7,9,16H,1,8H2. The predicted octanol–water partition coefficient (Wildman–Crippen LogP) is 3.92. The van der Waals surface area contributed by atoms with E-state index in [1.54, 1.807) is 16.9 Å². The average molecular weight is 276 g/mol. The summed E-state index contributed by atoms with van der Waals surface area (Å²) in [5, 5.41) is 9.99. The van der Waals surface area contributed by atoms with Crippen molar-refractivity contribution in [3.63, 3.8) is 0 Å². The van der Waals surface area contributed by atoms with E-state index < -0.39 is 0 Å². The normalized spacial score (nSPS) is 10.9. The van der Waals surface area contributed by atoms with Gasteiger partial charge in [0.1, 0.15) is 4.88 Å². The Bertz CT molecular complexity index is 626. The number of aromatic hydroxyl groups is 1. The van der Waals surface area contributed by atoms with Crippen molar-refractivity contribution in [1.29, 1.82) is 0 Å². The van der Waals surface area contributed by atoms with Gasteiger partial charge in [0.2, 0.25) is 5.88 Å². The minimum absolute atomic E-state index is 0.143. The van der Waals surface area contributed by atoms with Crippen LogP contribution in [0.25, 0.3) is 0 Å². The predicted molar refractivity (Wildman–Crippen MR) is 78.7 cm³/mol. The van der Waals surface area contributed by atoms with E-state index in [9.17, 15) is 5.11 Å². The molecule has 0 aliphatic rings. The molecule has 1 aromatic carbocycles. The van der Waals surface area contributed by atoms with Crippen LogP contribution in [0.15, 0.2) is 48.0 Å². The number of para-hydroxylation sites is 1. The molecule has 0 atom stereocenters. The first kappa shape index (κ1) is 12.7. The Morgan fingerprint density at radius 3 is 2.78 bits per heavy atom. The van der Waals surface area contributed by atoms with Gasteiger partial charge < -0.3 is 5.11 Å². The van der Waals surface area contributed by atoms with E-state index in [4.69, 9.17) is 12.2 Å². The van der Waals surface area contributed by atoms with Crippen LogP contribution < -0.4 is 0 Å². The molecular formula is C13H12N2OS2. The molecule has 1 N–H and O–H groups in total. The molecule has 1 aromatic heterocycles. The number of allylic oxidation sites excluding steroid dienone is 1. The van der Waals surface area contributed by atoms with Crippen molar-refractivity contribution in [2.75, 3.05) is 0 Å². The number of aliphatic imine (C=N–C) groups is 1. The quantitative estimate of drug-likeness (QED) is 0.522. The first-order valence-electron chi connectivity index (χ1n) is 5.35. The number of rotatable bonds is 4. The maximum absolute atomic E-state index is 9.99. The molecule has 0 bridgehead atoms. The Morgan fingerprint density at radius 1 is 1.39 bits per heavy atom. The molecule has 3 nitrogen and oxygen atoms in total. The van der Waals surface area contributed by atoms with Gasteiger partial charge in [0.15, 0.2) is 3.95 Å². The molecule has 92 valence electrons. The first-order chi connectivity index (χ1) is 8.72. The summed E-state index contributed by atoms with van der Waals surface area (Å²) in [5.41, 5.74) is 0.839. The molecule has 0 radical (unpaired) electrons. The smallest absolute Gasteiger partial charge is 0.212 e. The molecule has 1 heterocycles. The maximum atomic E-state index is 9.99. The molecule has 18 heavy (non-hydrogen) atoms. The zero-order chi connectivity index (χ0) is 13.0. The van der Waals surface area contributed by atoms with Crippen molar-refractivity contribution in [2.45, 2.75) is 6.54 Å².